The van der Waals surface area contributed by atoms with Crippen LogP contribution >= 0.6 is 0 Å². The van der Waals surface area contributed by atoms with Gasteiger partial charge in [0.1, 0.15) is 0 Å². The van der Waals surface area contributed by atoms with Gasteiger partial charge in [-0.2, -0.15) is 13.2 Å². The smallest absolute Gasteiger partial charge is 0.475 e. The molecule has 0 aliphatic heterocycles. The van der Waals surface area contributed by atoms with Gasteiger partial charge < -0.3 is 16.6 Å². The van der Waals surface area contributed by atoms with Gasteiger partial charge in [-0.1, -0.05) is 0 Å². The number of carboxylic acids is 1. The summed E-state index contributed by atoms with van der Waals surface area (Å²) in [6.07, 6.45) is -0.579. The van der Waals surface area contributed by atoms with Crippen LogP contribution in [0.1, 0.15) is 25.7 Å². The van der Waals surface area contributed by atoms with Crippen molar-refractivity contribution in [2.24, 2.45) is 11.5 Å². The predicted molar refractivity (Wildman–Crippen MR) is 48.1 cm³/mol. The zero-order valence-electron chi connectivity index (χ0n) is 8.13. The fourth-order valence-corrected chi connectivity index (χ4v) is 1.14. The van der Waals surface area contributed by atoms with Crippen LogP contribution in [0.25, 0.3) is 0 Å². The van der Waals surface area contributed by atoms with E-state index in [-0.39, 0.29) is 0 Å². The van der Waals surface area contributed by atoms with Gasteiger partial charge in [0.05, 0.1) is 0 Å². The van der Waals surface area contributed by atoms with E-state index in [9.17, 15) is 13.2 Å². The lowest BCUT2D eigenvalue weighted by Crippen LogP contribution is -2.33. The van der Waals surface area contributed by atoms with E-state index in [0.717, 1.165) is 25.7 Å². The molecule has 0 heterocycles. The van der Waals surface area contributed by atoms with E-state index in [1.54, 1.807) is 0 Å². The number of nitrogens with two attached hydrogens (primary N) is 2. The minimum Gasteiger partial charge on any atom is -0.475 e. The molecule has 7 heteroatoms. The van der Waals surface area contributed by atoms with Crippen molar-refractivity contribution in [3.63, 3.8) is 0 Å². The van der Waals surface area contributed by atoms with Gasteiger partial charge in [0.15, 0.2) is 0 Å². The Balaban J connectivity index is 0.000000265. The average Bonchev–Trinajstić information content (AvgIpc) is 2.09. The van der Waals surface area contributed by atoms with Crippen molar-refractivity contribution < 1.29 is 23.1 Å². The zero-order valence-corrected chi connectivity index (χ0v) is 8.13. The minimum atomic E-state index is -5.08. The zero-order chi connectivity index (χ0) is 12.1. The van der Waals surface area contributed by atoms with Crippen LogP contribution in [0.15, 0.2) is 0 Å². The number of hydrogen-bond donors (Lipinski definition) is 3. The molecule has 0 radical (unpaired) electrons. The lowest BCUT2D eigenvalue weighted by atomic mass is 9.93. The summed E-state index contributed by atoms with van der Waals surface area (Å²) in [5, 5.41) is 7.12. The third kappa shape index (κ3) is 7.15. The summed E-state index contributed by atoms with van der Waals surface area (Å²) in [5.41, 5.74) is 11.3. The predicted octanol–water partition coefficient (Wildman–Crippen LogP) is 0.848. The number of hydrogen-bond acceptors (Lipinski definition) is 3. The van der Waals surface area contributed by atoms with Gasteiger partial charge in [0, 0.05) is 12.1 Å². The van der Waals surface area contributed by atoms with E-state index in [4.69, 9.17) is 21.4 Å². The number of aliphatic carboxylic acids is 1. The Hall–Kier alpha value is -0.820. The van der Waals surface area contributed by atoms with Crippen LogP contribution in [-0.4, -0.2) is 29.3 Å². The second-order valence-corrected chi connectivity index (χ2v) is 3.48. The topological polar surface area (TPSA) is 89.3 Å². The Morgan fingerprint density at radius 3 is 1.40 bits per heavy atom. The number of alkyl halides is 3. The first kappa shape index (κ1) is 14.2. The van der Waals surface area contributed by atoms with Crippen LogP contribution in [0.2, 0.25) is 0 Å². The third-order valence-electron chi connectivity index (χ3n) is 2.06. The van der Waals surface area contributed by atoms with Gasteiger partial charge in [-0.25, -0.2) is 4.79 Å². The highest BCUT2D eigenvalue weighted by Crippen LogP contribution is 2.14. The fraction of sp³-hybridized carbons (Fsp3) is 0.875. The van der Waals surface area contributed by atoms with Gasteiger partial charge in [-0.3, -0.25) is 0 Å². The van der Waals surface area contributed by atoms with Gasteiger partial charge in [0.25, 0.3) is 0 Å². The second-order valence-electron chi connectivity index (χ2n) is 3.48. The summed E-state index contributed by atoms with van der Waals surface area (Å²) in [6, 6.07) is 0.879. The van der Waals surface area contributed by atoms with E-state index in [1.807, 2.05) is 0 Å². The molecule has 4 nitrogen and oxygen atoms in total. The van der Waals surface area contributed by atoms with E-state index < -0.39 is 12.1 Å². The second kappa shape index (κ2) is 5.92. The first-order valence-electron chi connectivity index (χ1n) is 4.54. The largest absolute Gasteiger partial charge is 0.490 e. The summed E-state index contributed by atoms with van der Waals surface area (Å²) in [4.78, 5) is 8.90. The molecule has 0 aromatic rings. The Kier molecular flexibility index (Phi) is 5.59. The van der Waals surface area contributed by atoms with E-state index in [0.29, 0.717) is 12.1 Å². The van der Waals surface area contributed by atoms with Crippen LogP contribution in [0.5, 0.6) is 0 Å². The maximum absolute atomic E-state index is 10.6. The summed E-state index contributed by atoms with van der Waals surface area (Å²) >= 11 is 0. The molecule has 0 aromatic carbocycles. The van der Waals surface area contributed by atoms with E-state index in [1.165, 1.54) is 0 Å². The van der Waals surface area contributed by atoms with Gasteiger partial charge in [-0.15, -0.1) is 0 Å². The summed E-state index contributed by atoms with van der Waals surface area (Å²) < 4.78 is 31.7. The Morgan fingerprint density at radius 1 is 1.07 bits per heavy atom. The molecule has 1 aliphatic rings. The number of carbonyl (C=O) groups is 1. The molecule has 1 saturated carbocycles. The van der Waals surface area contributed by atoms with Crippen LogP contribution in [0, 0.1) is 0 Å². The standard InChI is InChI=1S/C6H14N2.C2HF3O2/c7-5-1-2-6(8)4-3-5;3-2(4,5)1(6)7/h5-6H,1-4,7-8H2;(H,6,7)/t5-,6+;. The lowest BCUT2D eigenvalue weighted by Gasteiger charge is -2.22. The van der Waals surface area contributed by atoms with Gasteiger partial charge >= 0.3 is 12.1 Å². The molecule has 5 N–H and O–H groups in total. The first-order chi connectivity index (χ1) is 6.73. The summed E-state index contributed by atoms with van der Waals surface area (Å²) in [5.74, 6) is -2.76. The Labute approximate surface area is 85.4 Å². The number of halogens is 3. The quantitative estimate of drug-likeness (QED) is 0.573. The van der Waals surface area contributed by atoms with Crippen molar-refractivity contribution in [3.05, 3.63) is 0 Å². The van der Waals surface area contributed by atoms with E-state index >= 15 is 0 Å². The van der Waals surface area contributed by atoms with Crippen LogP contribution < -0.4 is 11.5 Å². The molecule has 1 rings (SSSR count). The van der Waals surface area contributed by atoms with Crippen molar-refractivity contribution >= 4 is 5.97 Å². The maximum Gasteiger partial charge on any atom is 0.490 e. The molecular formula is C8H15F3N2O2. The van der Waals surface area contributed by atoms with Gasteiger partial charge in [0.2, 0.25) is 0 Å². The average molecular weight is 228 g/mol. The lowest BCUT2D eigenvalue weighted by molar-refractivity contribution is -0.192. The molecule has 0 atom stereocenters. The minimum absolute atomic E-state index is 0.440. The van der Waals surface area contributed by atoms with Crippen molar-refractivity contribution in [2.45, 2.75) is 43.9 Å². The first-order valence-corrected chi connectivity index (χ1v) is 4.54. The molecule has 1 fully saturated rings. The molecule has 0 aromatic heterocycles. The Bertz CT molecular complexity index is 191. The highest BCUT2D eigenvalue weighted by atomic mass is 19.4. The van der Waals surface area contributed by atoms with Crippen LogP contribution in [-0.2, 0) is 4.79 Å². The summed E-state index contributed by atoms with van der Waals surface area (Å²) in [7, 11) is 0. The summed E-state index contributed by atoms with van der Waals surface area (Å²) in [6.45, 7) is 0. The van der Waals surface area contributed by atoms with Crippen molar-refractivity contribution in [3.8, 4) is 0 Å². The highest BCUT2D eigenvalue weighted by molar-refractivity contribution is 5.73. The molecule has 15 heavy (non-hydrogen) atoms. The SMILES string of the molecule is N[C@H]1CC[C@@H](N)CC1.O=C(O)C(F)(F)F. The molecule has 90 valence electrons. The molecule has 0 saturated heterocycles. The van der Waals surface area contributed by atoms with Crippen molar-refractivity contribution in [1.29, 1.82) is 0 Å². The Morgan fingerprint density at radius 2 is 1.27 bits per heavy atom. The third-order valence-corrected chi connectivity index (χ3v) is 2.06. The normalized spacial score (nSPS) is 26.5. The number of carboxylic acid groups (broad SMARTS) is 1. The fourth-order valence-electron chi connectivity index (χ4n) is 1.14. The molecular weight excluding hydrogens is 213 g/mol. The van der Waals surface area contributed by atoms with E-state index in [2.05, 4.69) is 0 Å². The monoisotopic (exact) mass is 228 g/mol. The molecule has 0 bridgehead atoms. The van der Waals surface area contributed by atoms with Crippen molar-refractivity contribution in [2.75, 3.05) is 0 Å². The van der Waals surface area contributed by atoms with Crippen molar-refractivity contribution in [1.82, 2.24) is 0 Å². The highest BCUT2D eigenvalue weighted by Gasteiger charge is 2.38. The van der Waals surface area contributed by atoms with Crippen LogP contribution in [0.4, 0.5) is 13.2 Å². The maximum atomic E-state index is 10.6. The molecule has 1 aliphatic carbocycles. The molecule has 0 unspecified atom stereocenters. The molecule has 0 spiro atoms. The van der Waals surface area contributed by atoms with Crippen LogP contribution in [0.3, 0.4) is 0 Å². The number of rotatable bonds is 0. The van der Waals surface area contributed by atoms with Gasteiger partial charge in [-0.05, 0) is 25.7 Å². The molecule has 0 amide bonds.